The van der Waals surface area contributed by atoms with Gasteiger partial charge in [0, 0.05) is 6.42 Å². The van der Waals surface area contributed by atoms with Gasteiger partial charge in [0.25, 0.3) is 0 Å². The first-order valence-corrected chi connectivity index (χ1v) is 37.6. The molecule has 7 unspecified atom stereocenters. The molecule has 9 heteroatoms. The van der Waals surface area contributed by atoms with E-state index in [1.54, 1.807) is 0 Å². The lowest BCUT2D eigenvalue weighted by atomic mass is 9.99. The monoisotopic (exact) mass is 1220 g/mol. The van der Waals surface area contributed by atoms with E-state index in [1.165, 1.54) is 257 Å². The summed E-state index contributed by atoms with van der Waals surface area (Å²) < 4.78 is 11.4. The molecule has 1 saturated heterocycles. The van der Waals surface area contributed by atoms with Crippen LogP contribution >= 0.6 is 0 Å². The predicted molar refractivity (Wildman–Crippen MR) is 373 cm³/mol. The SMILES string of the molecule is CC/C=C\C/C=C\C/C=C\C/C=C\C/C=C\C/C=C\CCCCCCCCCCCCCCCCCCCCC(=O)NC(COC1OC(CO)C(O)C(O)C1O)C(O)CCCCCCCCCCCCCCCCCCCCCCCCCCCCC. The standard InChI is InChI=1S/C78H143NO8/c1-3-5-7-9-11-13-15-17-19-21-23-25-27-29-31-32-33-34-35-36-37-38-39-40-42-44-46-48-50-52-54-56-58-60-62-64-66-68-74(82)79-71(70-86-78-77(85)76(84)75(83)73(69-80)87-78)72(81)67-65-63-61-59-57-55-53-51-49-47-45-43-41-30-28-26-24-22-20-18-16-14-12-10-8-6-4-2/h5,7,11,13,17,19,23,25,29,31,33-34,71-73,75-78,80-81,83-85H,3-4,6,8-10,12,14-16,18,20-22,24,26-28,30,32,35-70H2,1-2H3,(H,79,82)/b7-5-,13-11-,19-17-,25-23-,31-29-,34-33-. The van der Waals surface area contributed by atoms with Crippen molar-refractivity contribution >= 4 is 5.91 Å². The lowest BCUT2D eigenvalue weighted by Gasteiger charge is -2.40. The normalized spacial score (nSPS) is 18.4. The second kappa shape index (κ2) is 66.5. The summed E-state index contributed by atoms with van der Waals surface area (Å²) in [6.45, 7) is 3.77. The van der Waals surface area contributed by atoms with E-state index in [1.807, 2.05) is 0 Å². The van der Waals surface area contributed by atoms with Crippen LogP contribution in [0.25, 0.3) is 0 Å². The summed E-state index contributed by atoms with van der Waals surface area (Å²) in [5.41, 5.74) is 0. The van der Waals surface area contributed by atoms with Gasteiger partial charge >= 0.3 is 0 Å². The van der Waals surface area contributed by atoms with Crippen LogP contribution in [0.1, 0.15) is 361 Å². The average Bonchev–Trinajstić information content (AvgIpc) is 3.37. The van der Waals surface area contributed by atoms with Crippen LogP contribution in [0.3, 0.4) is 0 Å². The third kappa shape index (κ3) is 55.0. The number of aliphatic hydroxyl groups is 5. The molecule has 508 valence electrons. The molecule has 0 bridgehead atoms. The van der Waals surface area contributed by atoms with Crippen molar-refractivity contribution in [3.63, 3.8) is 0 Å². The molecule has 1 aliphatic rings. The van der Waals surface area contributed by atoms with Crippen LogP contribution in [0.4, 0.5) is 0 Å². The maximum atomic E-state index is 13.2. The predicted octanol–water partition coefficient (Wildman–Crippen LogP) is 21.1. The second-order valence-corrected chi connectivity index (χ2v) is 26.1. The molecule has 0 aromatic carbocycles. The molecule has 1 rings (SSSR count). The zero-order valence-electron chi connectivity index (χ0n) is 57.0. The summed E-state index contributed by atoms with van der Waals surface area (Å²) in [6.07, 6.45) is 87.0. The molecule has 0 aromatic rings. The molecule has 87 heavy (non-hydrogen) atoms. The van der Waals surface area contributed by atoms with Gasteiger partial charge in [-0.1, -0.05) is 363 Å². The van der Waals surface area contributed by atoms with Crippen molar-refractivity contribution in [3.05, 3.63) is 72.9 Å². The number of rotatable bonds is 66. The van der Waals surface area contributed by atoms with Gasteiger partial charge in [-0.3, -0.25) is 4.79 Å². The maximum absolute atomic E-state index is 13.2. The molecule has 6 N–H and O–H groups in total. The zero-order valence-corrected chi connectivity index (χ0v) is 57.0. The summed E-state index contributed by atoms with van der Waals surface area (Å²) in [5, 5.41) is 55.0. The molecular formula is C78H143NO8. The number of ether oxygens (including phenoxy) is 2. The van der Waals surface area contributed by atoms with Crippen LogP contribution in [-0.4, -0.2) is 87.5 Å². The largest absolute Gasteiger partial charge is 0.394 e. The van der Waals surface area contributed by atoms with E-state index < -0.39 is 49.5 Å². The van der Waals surface area contributed by atoms with Crippen molar-refractivity contribution in [1.29, 1.82) is 0 Å². The molecule has 1 amide bonds. The Morgan fingerprint density at radius 1 is 0.402 bits per heavy atom. The van der Waals surface area contributed by atoms with E-state index in [9.17, 15) is 30.3 Å². The number of hydrogen-bond donors (Lipinski definition) is 6. The first-order valence-electron chi connectivity index (χ1n) is 37.6. The molecule has 0 saturated carbocycles. The van der Waals surface area contributed by atoms with Gasteiger partial charge < -0.3 is 40.3 Å². The number of aliphatic hydroxyl groups excluding tert-OH is 5. The van der Waals surface area contributed by atoms with Gasteiger partial charge in [-0.05, 0) is 64.2 Å². The van der Waals surface area contributed by atoms with Gasteiger partial charge in [0.2, 0.25) is 5.91 Å². The summed E-state index contributed by atoms with van der Waals surface area (Å²) >= 11 is 0. The zero-order chi connectivity index (χ0) is 62.8. The van der Waals surface area contributed by atoms with Crippen molar-refractivity contribution in [1.82, 2.24) is 5.32 Å². The third-order valence-corrected chi connectivity index (χ3v) is 17.8. The number of amides is 1. The van der Waals surface area contributed by atoms with E-state index in [-0.39, 0.29) is 12.5 Å². The molecule has 0 aromatic heterocycles. The van der Waals surface area contributed by atoms with E-state index in [4.69, 9.17) is 9.47 Å². The Balaban J connectivity index is 2.08. The molecule has 1 aliphatic heterocycles. The molecule has 0 aliphatic carbocycles. The lowest BCUT2D eigenvalue weighted by molar-refractivity contribution is -0.302. The van der Waals surface area contributed by atoms with Crippen LogP contribution < -0.4 is 5.32 Å². The van der Waals surface area contributed by atoms with Gasteiger partial charge in [0.15, 0.2) is 6.29 Å². The molecule has 1 fully saturated rings. The average molecular weight is 1220 g/mol. The van der Waals surface area contributed by atoms with Crippen molar-refractivity contribution in [2.24, 2.45) is 0 Å². The highest BCUT2D eigenvalue weighted by Crippen LogP contribution is 2.24. The fourth-order valence-electron chi connectivity index (χ4n) is 12.0. The van der Waals surface area contributed by atoms with Crippen molar-refractivity contribution < 1.29 is 39.8 Å². The molecule has 0 spiro atoms. The smallest absolute Gasteiger partial charge is 0.220 e. The Morgan fingerprint density at radius 2 is 0.713 bits per heavy atom. The minimum Gasteiger partial charge on any atom is -0.394 e. The molecular weight excluding hydrogens is 1080 g/mol. The van der Waals surface area contributed by atoms with E-state index >= 15 is 0 Å². The number of hydrogen-bond acceptors (Lipinski definition) is 8. The van der Waals surface area contributed by atoms with Crippen LogP contribution in [-0.2, 0) is 14.3 Å². The summed E-state index contributed by atoms with van der Waals surface area (Å²) in [5.74, 6) is -0.139. The Morgan fingerprint density at radius 3 is 1.06 bits per heavy atom. The van der Waals surface area contributed by atoms with E-state index in [0.717, 1.165) is 77.0 Å². The highest BCUT2D eigenvalue weighted by molar-refractivity contribution is 5.76. The summed E-state index contributed by atoms with van der Waals surface area (Å²) in [6, 6.07) is -0.722. The van der Waals surface area contributed by atoms with Gasteiger partial charge in [0.1, 0.15) is 24.4 Å². The summed E-state index contributed by atoms with van der Waals surface area (Å²) in [4.78, 5) is 13.2. The molecule has 7 atom stereocenters. The maximum Gasteiger partial charge on any atom is 0.220 e. The fourth-order valence-corrected chi connectivity index (χ4v) is 12.0. The number of nitrogens with one attached hydrogen (secondary N) is 1. The Bertz CT molecular complexity index is 1610. The Hall–Kier alpha value is -2.37. The van der Waals surface area contributed by atoms with Crippen LogP contribution in [0.15, 0.2) is 72.9 Å². The minimum absolute atomic E-state index is 0.136. The van der Waals surface area contributed by atoms with Crippen LogP contribution in [0.5, 0.6) is 0 Å². The van der Waals surface area contributed by atoms with Crippen molar-refractivity contribution in [3.8, 4) is 0 Å². The van der Waals surface area contributed by atoms with Crippen LogP contribution in [0.2, 0.25) is 0 Å². The Labute approximate surface area is 538 Å². The third-order valence-electron chi connectivity index (χ3n) is 17.8. The second-order valence-electron chi connectivity index (χ2n) is 26.1. The topological polar surface area (TPSA) is 149 Å². The first kappa shape index (κ1) is 82.6. The Kier molecular flexibility index (Phi) is 63.2. The molecule has 0 radical (unpaired) electrons. The number of unbranched alkanes of at least 4 members (excludes halogenated alkanes) is 44. The summed E-state index contributed by atoms with van der Waals surface area (Å²) in [7, 11) is 0. The van der Waals surface area contributed by atoms with Crippen molar-refractivity contribution in [2.45, 2.75) is 403 Å². The van der Waals surface area contributed by atoms with Gasteiger partial charge in [-0.2, -0.15) is 0 Å². The fraction of sp³-hybridized carbons (Fsp3) is 0.833. The van der Waals surface area contributed by atoms with Gasteiger partial charge in [-0.15, -0.1) is 0 Å². The highest BCUT2D eigenvalue weighted by Gasteiger charge is 2.44. The highest BCUT2D eigenvalue weighted by atomic mass is 16.7. The van der Waals surface area contributed by atoms with Gasteiger partial charge in [0.05, 0.1) is 25.4 Å². The van der Waals surface area contributed by atoms with E-state index in [0.29, 0.717) is 12.8 Å². The number of carbonyl (C=O) groups excluding carboxylic acids is 1. The number of allylic oxidation sites excluding steroid dienone is 12. The van der Waals surface area contributed by atoms with E-state index in [2.05, 4.69) is 92.1 Å². The van der Waals surface area contributed by atoms with Crippen LogP contribution in [0, 0.1) is 0 Å². The van der Waals surface area contributed by atoms with Crippen molar-refractivity contribution in [2.75, 3.05) is 13.2 Å². The number of carbonyl (C=O) groups is 1. The van der Waals surface area contributed by atoms with Gasteiger partial charge in [-0.25, -0.2) is 0 Å². The lowest BCUT2D eigenvalue weighted by Crippen LogP contribution is -2.60. The quantitative estimate of drug-likeness (QED) is 0.0261. The minimum atomic E-state index is -1.56. The molecule has 1 heterocycles. The molecule has 9 nitrogen and oxygen atoms in total. The first-order chi connectivity index (χ1) is 42.8.